The molecule has 0 saturated heterocycles. The molecule has 1 atom stereocenters. The van der Waals surface area contributed by atoms with E-state index in [4.69, 9.17) is 16.3 Å². The normalized spacial score (nSPS) is 12.2. The Bertz CT molecular complexity index is 634. The van der Waals surface area contributed by atoms with Crippen molar-refractivity contribution in [3.05, 3.63) is 55.9 Å². The molecular weight excluding hydrogens is 417 g/mol. The number of nitrogens with one attached hydrogen (secondary N) is 1. The SMILES string of the molecule is CCNC(C)c1cc(Br)ccc1Oc1ccc(Cl)cc1Br. The van der Waals surface area contributed by atoms with Crippen LogP contribution in [-0.2, 0) is 0 Å². The Balaban J connectivity index is 2.34. The van der Waals surface area contributed by atoms with Crippen LogP contribution in [0, 0.1) is 0 Å². The Hall–Kier alpha value is -0.550. The lowest BCUT2D eigenvalue weighted by Gasteiger charge is -2.18. The van der Waals surface area contributed by atoms with Crippen LogP contribution in [0.25, 0.3) is 0 Å². The van der Waals surface area contributed by atoms with Crippen LogP contribution < -0.4 is 10.1 Å². The van der Waals surface area contributed by atoms with Crippen molar-refractivity contribution in [3.8, 4) is 11.5 Å². The van der Waals surface area contributed by atoms with Gasteiger partial charge >= 0.3 is 0 Å². The van der Waals surface area contributed by atoms with Gasteiger partial charge in [0, 0.05) is 21.1 Å². The van der Waals surface area contributed by atoms with Crippen LogP contribution >= 0.6 is 43.5 Å². The van der Waals surface area contributed by atoms with E-state index in [2.05, 4.69) is 57.1 Å². The molecule has 0 saturated carbocycles. The van der Waals surface area contributed by atoms with Crippen molar-refractivity contribution in [1.29, 1.82) is 0 Å². The number of hydrogen-bond donors (Lipinski definition) is 1. The summed E-state index contributed by atoms with van der Waals surface area (Å²) >= 11 is 13.0. The van der Waals surface area contributed by atoms with Gasteiger partial charge in [0.1, 0.15) is 11.5 Å². The fourth-order valence-corrected chi connectivity index (χ4v) is 3.19. The molecule has 0 amide bonds. The first kappa shape index (κ1) is 16.8. The van der Waals surface area contributed by atoms with Gasteiger partial charge in [0.15, 0.2) is 0 Å². The maximum atomic E-state index is 6.05. The van der Waals surface area contributed by atoms with Crippen molar-refractivity contribution >= 4 is 43.5 Å². The van der Waals surface area contributed by atoms with E-state index in [9.17, 15) is 0 Å². The molecule has 5 heteroatoms. The Morgan fingerprint density at radius 3 is 2.52 bits per heavy atom. The molecule has 0 heterocycles. The third kappa shape index (κ3) is 4.46. The monoisotopic (exact) mass is 431 g/mol. The summed E-state index contributed by atoms with van der Waals surface area (Å²) in [6.07, 6.45) is 0. The Morgan fingerprint density at radius 2 is 1.86 bits per heavy atom. The highest BCUT2D eigenvalue weighted by Crippen LogP contribution is 2.36. The molecule has 0 radical (unpaired) electrons. The second kappa shape index (κ2) is 7.63. The molecule has 0 aliphatic heterocycles. The van der Waals surface area contributed by atoms with Crippen LogP contribution in [0.5, 0.6) is 11.5 Å². The van der Waals surface area contributed by atoms with Crippen molar-refractivity contribution in [2.45, 2.75) is 19.9 Å². The molecule has 0 aliphatic rings. The summed E-state index contributed by atoms with van der Waals surface area (Å²) < 4.78 is 7.92. The van der Waals surface area contributed by atoms with E-state index in [0.29, 0.717) is 5.02 Å². The minimum Gasteiger partial charge on any atom is -0.456 e. The molecule has 1 unspecified atom stereocenters. The third-order valence-electron chi connectivity index (χ3n) is 3.06. The minimum atomic E-state index is 0.202. The lowest BCUT2D eigenvalue weighted by molar-refractivity contribution is 0.460. The van der Waals surface area contributed by atoms with Gasteiger partial charge in [0.05, 0.1) is 4.47 Å². The fourth-order valence-electron chi connectivity index (χ4n) is 2.04. The molecular formula is C16H16Br2ClNO. The first-order chi connectivity index (χ1) is 10.0. The average molecular weight is 434 g/mol. The fraction of sp³-hybridized carbons (Fsp3) is 0.250. The Kier molecular flexibility index (Phi) is 6.11. The lowest BCUT2D eigenvalue weighted by atomic mass is 10.1. The number of halogens is 3. The van der Waals surface area contributed by atoms with Crippen LogP contribution in [0.4, 0.5) is 0 Å². The molecule has 112 valence electrons. The van der Waals surface area contributed by atoms with Gasteiger partial charge in [-0.15, -0.1) is 0 Å². The van der Waals surface area contributed by atoms with Gasteiger partial charge in [0.25, 0.3) is 0 Å². The number of benzene rings is 2. The molecule has 0 spiro atoms. The molecule has 2 rings (SSSR count). The standard InChI is InChI=1S/C16H16Br2ClNO/c1-3-20-10(2)13-8-11(17)4-6-15(13)21-16-7-5-12(19)9-14(16)18/h4-10,20H,3H2,1-2H3. The molecule has 0 fully saturated rings. The number of ether oxygens (including phenoxy) is 1. The number of rotatable bonds is 5. The van der Waals surface area contributed by atoms with E-state index in [0.717, 1.165) is 32.6 Å². The predicted molar refractivity (Wildman–Crippen MR) is 95.5 cm³/mol. The minimum absolute atomic E-state index is 0.202. The summed E-state index contributed by atoms with van der Waals surface area (Å²) in [4.78, 5) is 0. The third-order valence-corrected chi connectivity index (χ3v) is 4.41. The van der Waals surface area contributed by atoms with Gasteiger partial charge in [-0.2, -0.15) is 0 Å². The highest BCUT2D eigenvalue weighted by Gasteiger charge is 2.13. The molecule has 1 N–H and O–H groups in total. The van der Waals surface area contributed by atoms with Crippen LogP contribution in [0.2, 0.25) is 5.02 Å². The second-order valence-electron chi connectivity index (χ2n) is 4.64. The Labute approximate surface area is 147 Å². The maximum absolute atomic E-state index is 6.05. The summed E-state index contributed by atoms with van der Waals surface area (Å²) in [6, 6.07) is 11.7. The summed E-state index contributed by atoms with van der Waals surface area (Å²) in [5.41, 5.74) is 1.10. The summed E-state index contributed by atoms with van der Waals surface area (Å²) in [7, 11) is 0. The molecule has 0 bridgehead atoms. The van der Waals surface area contributed by atoms with Crippen LogP contribution in [0.1, 0.15) is 25.5 Å². The smallest absolute Gasteiger partial charge is 0.141 e. The van der Waals surface area contributed by atoms with E-state index in [1.165, 1.54) is 0 Å². The summed E-state index contributed by atoms with van der Waals surface area (Å²) in [5, 5.41) is 4.08. The zero-order valence-corrected chi connectivity index (χ0v) is 15.7. The first-order valence-corrected chi connectivity index (χ1v) is 8.63. The van der Waals surface area contributed by atoms with E-state index in [1.807, 2.05) is 30.3 Å². The van der Waals surface area contributed by atoms with E-state index < -0.39 is 0 Å². The summed E-state index contributed by atoms with van der Waals surface area (Å²) in [5.74, 6) is 1.57. The highest BCUT2D eigenvalue weighted by atomic mass is 79.9. The van der Waals surface area contributed by atoms with Crippen LogP contribution in [0.15, 0.2) is 45.3 Å². The van der Waals surface area contributed by atoms with Gasteiger partial charge in [-0.1, -0.05) is 34.5 Å². The zero-order chi connectivity index (χ0) is 15.4. The molecule has 2 aromatic carbocycles. The lowest BCUT2D eigenvalue weighted by Crippen LogP contribution is -2.18. The van der Waals surface area contributed by atoms with Crippen LogP contribution in [-0.4, -0.2) is 6.54 Å². The average Bonchev–Trinajstić information content (AvgIpc) is 2.43. The van der Waals surface area contributed by atoms with Crippen molar-refractivity contribution in [1.82, 2.24) is 5.32 Å². The maximum Gasteiger partial charge on any atom is 0.141 e. The Morgan fingerprint density at radius 1 is 1.14 bits per heavy atom. The van der Waals surface area contributed by atoms with Crippen molar-refractivity contribution < 1.29 is 4.74 Å². The van der Waals surface area contributed by atoms with E-state index in [1.54, 1.807) is 0 Å². The van der Waals surface area contributed by atoms with Gasteiger partial charge in [-0.05, 0) is 65.8 Å². The molecule has 0 aliphatic carbocycles. The quantitative estimate of drug-likeness (QED) is 0.595. The molecule has 0 aromatic heterocycles. The van der Waals surface area contributed by atoms with Crippen molar-refractivity contribution in [3.63, 3.8) is 0 Å². The predicted octanol–water partition coefficient (Wildman–Crippen LogP) is 6.33. The highest BCUT2D eigenvalue weighted by molar-refractivity contribution is 9.10. The van der Waals surface area contributed by atoms with Gasteiger partial charge < -0.3 is 10.1 Å². The zero-order valence-electron chi connectivity index (χ0n) is 11.8. The van der Waals surface area contributed by atoms with E-state index >= 15 is 0 Å². The van der Waals surface area contributed by atoms with Crippen molar-refractivity contribution in [2.75, 3.05) is 6.54 Å². The second-order valence-corrected chi connectivity index (χ2v) is 6.84. The van der Waals surface area contributed by atoms with Gasteiger partial charge in [-0.3, -0.25) is 0 Å². The molecule has 2 aromatic rings. The van der Waals surface area contributed by atoms with Crippen LogP contribution in [0.3, 0.4) is 0 Å². The molecule has 2 nitrogen and oxygen atoms in total. The largest absolute Gasteiger partial charge is 0.456 e. The first-order valence-electron chi connectivity index (χ1n) is 6.67. The molecule has 21 heavy (non-hydrogen) atoms. The van der Waals surface area contributed by atoms with Crippen molar-refractivity contribution in [2.24, 2.45) is 0 Å². The topological polar surface area (TPSA) is 21.3 Å². The van der Waals surface area contributed by atoms with Gasteiger partial charge in [-0.25, -0.2) is 0 Å². The number of hydrogen-bond acceptors (Lipinski definition) is 2. The van der Waals surface area contributed by atoms with E-state index in [-0.39, 0.29) is 6.04 Å². The van der Waals surface area contributed by atoms with Gasteiger partial charge in [0.2, 0.25) is 0 Å². The summed E-state index contributed by atoms with van der Waals surface area (Å²) in [6.45, 7) is 5.11.